The Balaban J connectivity index is 1.21. The van der Waals surface area contributed by atoms with Gasteiger partial charge in [0.05, 0.1) is 5.69 Å². The van der Waals surface area contributed by atoms with Gasteiger partial charge in [0.25, 0.3) is 0 Å². The van der Waals surface area contributed by atoms with Crippen LogP contribution in [0.4, 0.5) is 28.4 Å². The van der Waals surface area contributed by atoms with Crippen LogP contribution in [-0.2, 0) is 6.42 Å². The van der Waals surface area contributed by atoms with Crippen LogP contribution < -0.4 is 9.80 Å². The molecule has 0 saturated heterocycles. The number of nitrogens with zero attached hydrogens (tertiary/aromatic N) is 2. The third-order valence-corrected chi connectivity index (χ3v) is 9.11. The molecule has 0 spiro atoms. The molecule has 7 aromatic rings. The van der Waals surface area contributed by atoms with Crippen molar-refractivity contribution >= 4 is 56.1 Å². The first-order valence-electron chi connectivity index (χ1n) is 15.7. The van der Waals surface area contributed by atoms with Crippen LogP contribution in [0, 0.1) is 0 Å². The van der Waals surface area contributed by atoms with Crippen molar-refractivity contribution in [1.29, 1.82) is 0 Å². The van der Waals surface area contributed by atoms with Gasteiger partial charge in [-0.3, -0.25) is 0 Å². The summed E-state index contributed by atoms with van der Waals surface area (Å²) in [6.07, 6.45) is 6.78. The molecule has 0 radical (unpaired) electrons. The molecule has 7 aromatic carbocycles. The molecule has 1 aliphatic rings. The fourth-order valence-corrected chi connectivity index (χ4v) is 6.78. The fourth-order valence-electron chi connectivity index (χ4n) is 6.78. The zero-order valence-electron chi connectivity index (χ0n) is 25.4. The number of benzene rings is 7. The lowest BCUT2D eigenvalue weighted by atomic mass is 9.91. The van der Waals surface area contributed by atoms with Gasteiger partial charge in [-0.15, -0.1) is 0 Å². The summed E-state index contributed by atoms with van der Waals surface area (Å²) >= 11 is 0. The van der Waals surface area contributed by atoms with Crippen LogP contribution in [-0.4, -0.2) is 7.05 Å². The van der Waals surface area contributed by atoms with E-state index in [0.29, 0.717) is 0 Å². The molecule has 0 atom stereocenters. The van der Waals surface area contributed by atoms with Gasteiger partial charge < -0.3 is 9.80 Å². The molecule has 0 amide bonds. The van der Waals surface area contributed by atoms with Crippen LogP contribution in [0.25, 0.3) is 38.7 Å². The number of anilines is 5. The minimum atomic E-state index is 1.08. The SMILES string of the molecule is CN(c1ccc(N(c2ccc(-c3ccccc3)cc2)c2cccc3ccccc23)cc1)c1cc2c(c3ccccc13)C=CCC2. The smallest absolute Gasteiger partial charge is 0.0540 e. The average molecular weight is 579 g/mol. The molecule has 2 nitrogen and oxygen atoms in total. The van der Waals surface area contributed by atoms with Crippen LogP contribution in [0.2, 0.25) is 0 Å². The second-order valence-electron chi connectivity index (χ2n) is 11.8. The molecule has 216 valence electrons. The number of aryl methyl sites for hydroxylation is 1. The maximum Gasteiger partial charge on any atom is 0.0540 e. The van der Waals surface area contributed by atoms with Crippen LogP contribution in [0.5, 0.6) is 0 Å². The monoisotopic (exact) mass is 578 g/mol. The Morgan fingerprint density at radius 2 is 1.09 bits per heavy atom. The van der Waals surface area contributed by atoms with Crippen molar-refractivity contribution in [2.75, 3.05) is 16.8 Å². The zero-order chi connectivity index (χ0) is 30.2. The molecule has 8 rings (SSSR count). The fraction of sp³-hybridized carbons (Fsp3) is 0.0698. The second kappa shape index (κ2) is 11.5. The minimum absolute atomic E-state index is 1.08. The van der Waals surface area contributed by atoms with E-state index in [2.05, 4.69) is 181 Å². The second-order valence-corrected chi connectivity index (χ2v) is 11.8. The quantitative estimate of drug-likeness (QED) is 0.194. The summed E-state index contributed by atoms with van der Waals surface area (Å²) in [5.74, 6) is 0. The molecule has 0 N–H and O–H groups in total. The van der Waals surface area contributed by atoms with Gasteiger partial charge in [-0.05, 0) is 94.4 Å². The summed E-state index contributed by atoms with van der Waals surface area (Å²) in [6.45, 7) is 0. The summed E-state index contributed by atoms with van der Waals surface area (Å²) in [7, 11) is 2.19. The lowest BCUT2D eigenvalue weighted by Crippen LogP contribution is -2.13. The first kappa shape index (κ1) is 27.0. The number of allylic oxidation sites excluding steroid dienone is 1. The van der Waals surface area contributed by atoms with Gasteiger partial charge >= 0.3 is 0 Å². The number of hydrogen-bond donors (Lipinski definition) is 0. The molecule has 0 aromatic heterocycles. The van der Waals surface area contributed by atoms with E-state index in [1.54, 1.807) is 0 Å². The van der Waals surface area contributed by atoms with Gasteiger partial charge in [0.1, 0.15) is 0 Å². The van der Waals surface area contributed by atoms with E-state index in [-0.39, 0.29) is 0 Å². The Bertz CT molecular complexity index is 2150. The highest BCUT2D eigenvalue weighted by Crippen LogP contribution is 2.42. The Labute approximate surface area is 265 Å². The van der Waals surface area contributed by atoms with Crippen molar-refractivity contribution in [3.63, 3.8) is 0 Å². The van der Waals surface area contributed by atoms with Crippen molar-refractivity contribution in [2.45, 2.75) is 12.8 Å². The normalized spacial score (nSPS) is 12.3. The summed E-state index contributed by atoms with van der Waals surface area (Å²) in [5, 5.41) is 5.06. The van der Waals surface area contributed by atoms with Crippen molar-refractivity contribution in [3.8, 4) is 11.1 Å². The van der Waals surface area contributed by atoms with Crippen LogP contribution in [0.15, 0.2) is 158 Å². The third kappa shape index (κ3) is 4.95. The molecule has 0 fully saturated rings. The summed E-state index contributed by atoms with van der Waals surface area (Å²) in [4.78, 5) is 4.71. The number of fused-ring (bicyclic) bond motifs is 4. The Kier molecular flexibility index (Phi) is 6.88. The molecular weight excluding hydrogens is 544 g/mol. The summed E-state index contributed by atoms with van der Waals surface area (Å²) in [6, 6.07) is 54.9. The van der Waals surface area contributed by atoms with E-state index in [1.165, 1.54) is 49.5 Å². The first-order chi connectivity index (χ1) is 22.2. The van der Waals surface area contributed by atoms with E-state index >= 15 is 0 Å². The van der Waals surface area contributed by atoms with Crippen LogP contribution >= 0.6 is 0 Å². The van der Waals surface area contributed by atoms with E-state index < -0.39 is 0 Å². The van der Waals surface area contributed by atoms with E-state index in [1.807, 2.05) is 0 Å². The standard InChI is InChI=1S/C43H34N2/c1-44(43-30-34-15-6-7-17-38(34)40-19-9-10-20-41(40)43)35-26-28-37(29-27-35)45(42-21-11-16-33-14-5-8-18-39(33)42)36-24-22-32(23-25-36)31-12-3-2-4-13-31/h2-5,7-14,16-30H,6,15H2,1H3. The van der Waals surface area contributed by atoms with E-state index in [0.717, 1.165) is 35.6 Å². The summed E-state index contributed by atoms with van der Waals surface area (Å²) in [5.41, 5.74) is 11.0. The lowest BCUT2D eigenvalue weighted by molar-refractivity contribution is 0.988. The van der Waals surface area contributed by atoms with Crippen LogP contribution in [0.3, 0.4) is 0 Å². The van der Waals surface area contributed by atoms with Gasteiger partial charge in [0.15, 0.2) is 0 Å². The first-order valence-corrected chi connectivity index (χ1v) is 15.7. The molecule has 45 heavy (non-hydrogen) atoms. The van der Waals surface area contributed by atoms with E-state index in [4.69, 9.17) is 0 Å². The van der Waals surface area contributed by atoms with Gasteiger partial charge in [-0.25, -0.2) is 0 Å². The molecule has 1 aliphatic carbocycles. The van der Waals surface area contributed by atoms with Gasteiger partial charge in [0.2, 0.25) is 0 Å². The molecular formula is C43H34N2. The van der Waals surface area contributed by atoms with Crippen molar-refractivity contribution in [2.24, 2.45) is 0 Å². The molecule has 0 heterocycles. The summed E-state index contributed by atoms with van der Waals surface area (Å²) < 4.78 is 0. The molecule has 0 unspecified atom stereocenters. The van der Waals surface area contributed by atoms with Gasteiger partial charge in [0, 0.05) is 40.6 Å². The van der Waals surface area contributed by atoms with E-state index in [9.17, 15) is 0 Å². The highest BCUT2D eigenvalue weighted by atomic mass is 15.1. The van der Waals surface area contributed by atoms with Gasteiger partial charge in [-0.1, -0.05) is 115 Å². The third-order valence-electron chi connectivity index (χ3n) is 9.11. The minimum Gasteiger partial charge on any atom is -0.344 e. The molecule has 2 heteroatoms. The molecule has 0 aliphatic heterocycles. The topological polar surface area (TPSA) is 6.48 Å². The Hall–Kier alpha value is -5.60. The highest BCUT2D eigenvalue weighted by Gasteiger charge is 2.18. The largest absolute Gasteiger partial charge is 0.344 e. The van der Waals surface area contributed by atoms with Crippen molar-refractivity contribution < 1.29 is 0 Å². The lowest BCUT2D eigenvalue weighted by Gasteiger charge is -2.28. The van der Waals surface area contributed by atoms with Crippen molar-refractivity contribution in [3.05, 3.63) is 169 Å². The Morgan fingerprint density at radius 3 is 1.87 bits per heavy atom. The predicted molar refractivity (Wildman–Crippen MR) is 193 cm³/mol. The van der Waals surface area contributed by atoms with Crippen molar-refractivity contribution in [1.82, 2.24) is 0 Å². The maximum absolute atomic E-state index is 2.39. The Morgan fingerprint density at radius 1 is 0.489 bits per heavy atom. The maximum atomic E-state index is 2.39. The molecule has 0 saturated carbocycles. The van der Waals surface area contributed by atoms with Gasteiger partial charge in [-0.2, -0.15) is 0 Å². The number of hydrogen-bond acceptors (Lipinski definition) is 2. The highest BCUT2D eigenvalue weighted by molar-refractivity contribution is 6.02. The van der Waals surface area contributed by atoms with Crippen LogP contribution in [0.1, 0.15) is 17.5 Å². The average Bonchev–Trinajstić information content (AvgIpc) is 3.12. The number of rotatable bonds is 6. The zero-order valence-corrected chi connectivity index (χ0v) is 25.4. The predicted octanol–water partition coefficient (Wildman–Crippen LogP) is 11.9. The molecule has 0 bridgehead atoms.